The fourth-order valence-electron chi connectivity index (χ4n) is 0.677. The van der Waals surface area contributed by atoms with Crippen molar-refractivity contribution < 1.29 is 18.7 Å². The van der Waals surface area contributed by atoms with Crippen LogP contribution in [0.5, 0.6) is 0 Å². The normalized spacial score (nSPS) is 12.5. The smallest absolute Gasteiger partial charge is 0.374 e. The van der Waals surface area contributed by atoms with E-state index in [1.54, 1.807) is 19.9 Å². The minimum atomic E-state index is -3.58. The summed E-state index contributed by atoms with van der Waals surface area (Å²) >= 11 is 0. The Balaban J connectivity index is 4.79. The minimum Gasteiger partial charge on any atom is -0.514 e. The lowest BCUT2D eigenvalue weighted by Gasteiger charge is -2.14. The Morgan fingerprint density at radius 1 is 1.54 bits per heavy atom. The molecule has 0 saturated heterocycles. The van der Waals surface area contributed by atoms with E-state index in [1.807, 2.05) is 0 Å². The average Bonchev–Trinajstić information content (AvgIpc) is 2.07. The molecule has 0 heterocycles. The predicted molar refractivity (Wildman–Crippen MR) is 47.2 cm³/mol. The van der Waals surface area contributed by atoms with Gasteiger partial charge in [-0.1, -0.05) is 0 Å². The van der Waals surface area contributed by atoms with Gasteiger partial charge in [0.15, 0.2) is 5.31 Å². The molecule has 0 aliphatic carbocycles. The number of hydrogen-bond acceptors (Lipinski definition) is 5. The van der Waals surface area contributed by atoms with Crippen molar-refractivity contribution in [3.8, 4) is 6.07 Å². The summed E-state index contributed by atoms with van der Waals surface area (Å²) in [5, 5.41) is 16.7. The highest BCUT2D eigenvalue weighted by atomic mass is 31.2. The van der Waals surface area contributed by atoms with Gasteiger partial charge in [0.1, 0.15) is 12.3 Å². The van der Waals surface area contributed by atoms with Crippen LogP contribution in [0.15, 0.2) is 11.6 Å². The van der Waals surface area contributed by atoms with E-state index in [-0.39, 0.29) is 18.5 Å². The van der Waals surface area contributed by atoms with Crippen molar-refractivity contribution in [3.63, 3.8) is 0 Å². The van der Waals surface area contributed by atoms with E-state index >= 15 is 0 Å². The number of aliphatic hydroxyl groups is 1. The molecule has 0 aliphatic rings. The van der Waals surface area contributed by atoms with Crippen LogP contribution in [-0.4, -0.2) is 18.3 Å². The van der Waals surface area contributed by atoms with Gasteiger partial charge in [-0.25, -0.2) is 0 Å². The van der Waals surface area contributed by atoms with Crippen molar-refractivity contribution in [2.75, 3.05) is 13.2 Å². The molecule has 13 heavy (non-hydrogen) atoms. The number of rotatable bonds is 5. The fourth-order valence-corrected chi connectivity index (χ4v) is 1.97. The van der Waals surface area contributed by atoms with E-state index in [9.17, 15) is 4.57 Å². The maximum Gasteiger partial charge on any atom is 0.374 e. The van der Waals surface area contributed by atoms with E-state index < -0.39 is 7.60 Å². The summed E-state index contributed by atoms with van der Waals surface area (Å²) in [6.45, 7) is 3.54. The molecule has 0 rings (SSSR count). The lowest BCUT2D eigenvalue weighted by Crippen LogP contribution is -1.97. The largest absolute Gasteiger partial charge is 0.514 e. The fraction of sp³-hybridized carbons (Fsp3) is 0.571. The summed E-state index contributed by atoms with van der Waals surface area (Å²) in [5.41, 5.74) is 0. The van der Waals surface area contributed by atoms with Gasteiger partial charge in [-0.3, -0.25) is 4.57 Å². The molecule has 0 saturated carbocycles. The van der Waals surface area contributed by atoms with Gasteiger partial charge < -0.3 is 14.2 Å². The zero-order valence-corrected chi connectivity index (χ0v) is 8.45. The average molecular weight is 205 g/mol. The highest BCUT2D eigenvalue weighted by Gasteiger charge is 2.30. The Kier molecular flexibility index (Phi) is 5.40. The lowest BCUT2D eigenvalue weighted by molar-refractivity contribution is 0.226. The topological polar surface area (TPSA) is 79.5 Å². The molecule has 0 fully saturated rings. The third kappa shape index (κ3) is 3.19. The molecule has 6 heteroatoms. The van der Waals surface area contributed by atoms with E-state index in [4.69, 9.17) is 19.4 Å². The Morgan fingerprint density at radius 2 is 2.00 bits per heavy atom. The quantitative estimate of drug-likeness (QED) is 0.422. The molecular weight excluding hydrogens is 193 g/mol. The van der Waals surface area contributed by atoms with Gasteiger partial charge in [-0.2, -0.15) is 5.26 Å². The van der Waals surface area contributed by atoms with Gasteiger partial charge in [-0.15, -0.1) is 0 Å². The molecule has 0 aromatic carbocycles. The second kappa shape index (κ2) is 5.76. The zero-order valence-electron chi connectivity index (χ0n) is 7.56. The van der Waals surface area contributed by atoms with E-state index in [0.29, 0.717) is 6.26 Å². The van der Waals surface area contributed by atoms with Gasteiger partial charge in [0, 0.05) is 0 Å². The Hall–Kier alpha value is -0.820. The molecule has 0 amide bonds. The number of aliphatic hydroxyl groups excluding tert-OH is 1. The van der Waals surface area contributed by atoms with Crippen LogP contribution in [0.3, 0.4) is 0 Å². The first kappa shape index (κ1) is 12.2. The van der Waals surface area contributed by atoms with Crippen LogP contribution in [0, 0.1) is 11.3 Å². The van der Waals surface area contributed by atoms with Crippen molar-refractivity contribution >= 4 is 7.60 Å². The van der Waals surface area contributed by atoms with Crippen molar-refractivity contribution in [2.45, 2.75) is 13.8 Å². The van der Waals surface area contributed by atoms with Gasteiger partial charge >= 0.3 is 7.60 Å². The molecule has 0 bridgehead atoms. The predicted octanol–water partition coefficient (Wildman–Crippen LogP) is 2.18. The molecule has 0 spiro atoms. The van der Waals surface area contributed by atoms with Crippen LogP contribution in [0.25, 0.3) is 0 Å². The molecule has 0 unspecified atom stereocenters. The molecule has 0 aromatic rings. The Morgan fingerprint density at radius 3 is 2.23 bits per heavy atom. The highest BCUT2D eigenvalue weighted by molar-refractivity contribution is 7.58. The summed E-state index contributed by atoms with van der Waals surface area (Å²) in [4.78, 5) is 0. The molecule has 5 nitrogen and oxygen atoms in total. The molecule has 1 N–H and O–H groups in total. The number of allylic oxidation sites excluding steroid dienone is 1. The molecule has 0 aliphatic heterocycles. The van der Waals surface area contributed by atoms with Crippen molar-refractivity contribution in [3.05, 3.63) is 11.6 Å². The van der Waals surface area contributed by atoms with Crippen LogP contribution in [-0.2, 0) is 13.6 Å². The van der Waals surface area contributed by atoms with Gasteiger partial charge in [0.25, 0.3) is 0 Å². The second-order valence-electron chi connectivity index (χ2n) is 1.96. The number of hydrogen-bond donors (Lipinski definition) is 1. The summed E-state index contributed by atoms with van der Waals surface area (Å²) in [6, 6.07) is 1.56. The first-order valence-corrected chi connectivity index (χ1v) is 5.33. The van der Waals surface area contributed by atoms with Crippen LogP contribution < -0.4 is 0 Å². The lowest BCUT2D eigenvalue weighted by atomic mass is 10.7. The summed E-state index contributed by atoms with van der Waals surface area (Å²) in [5.74, 6) is 0. The third-order valence-corrected chi connectivity index (χ3v) is 3.13. The standard InChI is InChI=1S/C7H12NO4P/c1-3-11-13(10,12-4-2)7(5-8)6-9/h6,9H,3-4H2,1-2H3/b7-6+. The van der Waals surface area contributed by atoms with E-state index in [0.717, 1.165) is 0 Å². The molecule has 74 valence electrons. The second-order valence-corrected chi connectivity index (χ2v) is 3.95. The Labute approximate surface area is 77.1 Å². The van der Waals surface area contributed by atoms with Crippen LogP contribution in [0.4, 0.5) is 0 Å². The maximum atomic E-state index is 11.7. The highest BCUT2D eigenvalue weighted by Crippen LogP contribution is 2.55. The SMILES string of the molecule is CCOP(=O)(OCC)/C(C#N)=C/O. The molecule has 0 atom stereocenters. The Bertz CT molecular complexity index is 258. The van der Waals surface area contributed by atoms with Crippen molar-refractivity contribution in [1.82, 2.24) is 0 Å². The zero-order chi connectivity index (χ0) is 10.3. The van der Waals surface area contributed by atoms with Gasteiger partial charge in [0.2, 0.25) is 0 Å². The first-order valence-electron chi connectivity index (χ1n) is 3.78. The van der Waals surface area contributed by atoms with Gasteiger partial charge in [0.05, 0.1) is 13.2 Å². The third-order valence-electron chi connectivity index (χ3n) is 1.13. The van der Waals surface area contributed by atoms with Crippen LogP contribution >= 0.6 is 7.60 Å². The number of nitriles is 1. The summed E-state index contributed by atoms with van der Waals surface area (Å²) in [6.07, 6.45) is 0.450. The summed E-state index contributed by atoms with van der Waals surface area (Å²) < 4.78 is 21.3. The summed E-state index contributed by atoms with van der Waals surface area (Å²) in [7, 11) is -3.58. The van der Waals surface area contributed by atoms with E-state index in [1.165, 1.54) is 0 Å². The first-order chi connectivity index (χ1) is 6.14. The van der Waals surface area contributed by atoms with Gasteiger partial charge in [-0.05, 0) is 13.8 Å². The molecule has 0 aromatic heterocycles. The number of nitrogens with zero attached hydrogens (tertiary/aromatic N) is 1. The van der Waals surface area contributed by atoms with E-state index in [2.05, 4.69) is 0 Å². The van der Waals surface area contributed by atoms with Crippen LogP contribution in [0.2, 0.25) is 0 Å². The maximum absolute atomic E-state index is 11.7. The monoisotopic (exact) mass is 205 g/mol. The van der Waals surface area contributed by atoms with Crippen molar-refractivity contribution in [1.29, 1.82) is 5.26 Å². The van der Waals surface area contributed by atoms with Crippen LogP contribution in [0.1, 0.15) is 13.8 Å². The molecule has 0 radical (unpaired) electrons. The minimum absolute atomic E-state index is 0.149. The molecular formula is C7H12NO4P. The van der Waals surface area contributed by atoms with Crippen molar-refractivity contribution in [2.24, 2.45) is 0 Å².